The number of fused-ring (bicyclic) bond motifs is 1. The highest BCUT2D eigenvalue weighted by Crippen LogP contribution is 2.32. The number of aromatic amines is 1. The van der Waals surface area contributed by atoms with Gasteiger partial charge in [0.05, 0.1) is 16.9 Å². The van der Waals surface area contributed by atoms with Gasteiger partial charge in [0.15, 0.2) is 12.3 Å². The van der Waals surface area contributed by atoms with E-state index in [2.05, 4.69) is 54.8 Å². The molecule has 0 saturated carbocycles. The summed E-state index contributed by atoms with van der Waals surface area (Å²) in [5.41, 5.74) is 4.31. The molecule has 0 aliphatic carbocycles. The molecule has 1 aliphatic heterocycles. The topological polar surface area (TPSA) is 95.2 Å². The molecular formula is C26H27ClN6O2. The van der Waals surface area contributed by atoms with Crippen molar-refractivity contribution < 1.29 is 9.53 Å². The van der Waals surface area contributed by atoms with E-state index < -0.39 is 0 Å². The fourth-order valence-electron chi connectivity index (χ4n) is 4.31. The van der Waals surface area contributed by atoms with E-state index in [1.54, 1.807) is 19.3 Å². The second kappa shape index (κ2) is 10.3. The van der Waals surface area contributed by atoms with Crippen LogP contribution in [0.15, 0.2) is 60.8 Å². The number of amides is 1. The van der Waals surface area contributed by atoms with Crippen molar-refractivity contribution in [3.8, 4) is 17.1 Å². The Hall–Kier alpha value is -3.62. The highest BCUT2D eigenvalue weighted by Gasteiger charge is 2.24. The fourth-order valence-corrected chi connectivity index (χ4v) is 4.50. The van der Waals surface area contributed by atoms with E-state index in [-0.39, 0.29) is 18.6 Å². The van der Waals surface area contributed by atoms with Crippen LogP contribution in [0, 0.1) is 0 Å². The number of hydrogen-bond acceptors (Lipinski definition) is 6. The lowest BCUT2D eigenvalue weighted by Gasteiger charge is -2.18. The number of rotatable bonds is 8. The van der Waals surface area contributed by atoms with Crippen molar-refractivity contribution in [3.63, 3.8) is 0 Å². The Kier molecular flexibility index (Phi) is 6.83. The van der Waals surface area contributed by atoms with Crippen LogP contribution in [0.1, 0.15) is 12.0 Å². The summed E-state index contributed by atoms with van der Waals surface area (Å²) in [6.07, 6.45) is 2.66. The molecule has 35 heavy (non-hydrogen) atoms. The number of likely N-dealkylation sites (N-methyl/N-ethyl adjacent to an activating group) is 1. The molecule has 0 spiro atoms. The Morgan fingerprint density at radius 2 is 2.09 bits per heavy atom. The SMILES string of the molecule is CNC(=O)COc1cccc(-c2nc3ncc(Cl)c(NC4CCN(Cc5ccccc5)C4)c3[nH]2)c1. The Morgan fingerprint density at radius 3 is 2.91 bits per heavy atom. The first-order chi connectivity index (χ1) is 17.1. The van der Waals surface area contributed by atoms with E-state index in [1.165, 1.54) is 5.56 Å². The quantitative estimate of drug-likeness (QED) is 0.344. The summed E-state index contributed by atoms with van der Waals surface area (Å²) < 4.78 is 5.57. The third-order valence-corrected chi connectivity index (χ3v) is 6.39. The second-order valence-electron chi connectivity index (χ2n) is 8.61. The first-order valence-corrected chi connectivity index (χ1v) is 12.0. The molecule has 1 fully saturated rings. The summed E-state index contributed by atoms with van der Waals surface area (Å²) >= 11 is 6.57. The minimum atomic E-state index is -0.192. The van der Waals surface area contributed by atoms with E-state index >= 15 is 0 Å². The van der Waals surface area contributed by atoms with Gasteiger partial charge in [0.2, 0.25) is 0 Å². The van der Waals surface area contributed by atoms with E-state index in [0.717, 1.165) is 42.8 Å². The summed E-state index contributed by atoms with van der Waals surface area (Å²) in [6.45, 7) is 2.84. The lowest BCUT2D eigenvalue weighted by Crippen LogP contribution is -2.26. The van der Waals surface area contributed by atoms with Crippen LogP contribution in [0.3, 0.4) is 0 Å². The zero-order chi connectivity index (χ0) is 24.2. The van der Waals surface area contributed by atoms with Crippen molar-refractivity contribution >= 4 is 34.4 Å². The summed E-state index contributed by atoms with van der Waals surface area (Å²) in [6, 6.07) is 18.2. The van der Waals surface area contributed by atoms with Gasteiger partial charge in [-0.2, -0.15) is 0 Å². The molecule has 2 aromatic heterocycles. The number of hydrogen-bond donors (Lipinski definition) is 3. The highest BCUT2D eigenvalue weighted by molar-refractivity contribution is 6.34. The molecule has 8 nitrogen and oxygen atoms in total. The third-order valence-electron chi connectivity index (χ3n) is 6.10. The Morgan fingerprint density at radius 1 is 1.23 bits per heavy atom. The minimum Gasteiger partial charge on any atom is -0.484 e. The van der Waals surface area contributed by atoms with Gasteiger partial charge in [-0.05, 0) is 24.1 Å². The number of nitrogens with zero attached hydrogens (tertiary/aromatic N) is 3. The zero-order valence-electron chi connectivity index (χ0n) is 19.4. The summed E-state index contributed by atoms with van der Waals surface area (Å²) in [5, 5.41) is 6.72. The maximum Gasteiger partial charge on any atom is 0.257 e. The average Bonchev–Trinajstić information content (AvgIpc) is 3.52. The zero-order valence-corrected chi connectivity index (χ0v) is 20.2. The number of carbonyl (C=O) groups is 1. The third kappa shape index (κ3) is 5.39. The highest BCUT2D eigenvalue weighted by atomic mass is 35.5. The first-order valence-electron chi connectivity index (χ1n) is 11.6. The minimum absolute atomic E-state index is 0.0476. The van der Waals surface area contributed by atoms with Crippen LogP contribution >= 0.6 is 11.6 Å². The van der Waals surface area contributed by atoms with Crippen molar-refractivity contribution in [2.45, 2.75) is 19.0 Å². The normalized spacial score (nSPS) is 15.9. The number of aromatic nitrogens is 3. The molecule has 1 saturated heterocycles. The standard InChI is InChI=1S/C26H27ClN6O2/c1-28-22(34)16-35-20-9-5-8-18(12-20)25-31-24-23(21(27)13-29-26(24)32-25)30-19-10-11-33(15-19)14-17-6-3-2-4-7-17/h2-9,12-13,19H,10-11,14-16H2,1H3,(H,28,34)(H2,29,30,31,32). The van der Waals surface area contributed by atoms with E-state index in [0.29, 0.717) is 22.2 Å². The molecular weight excluding hydrogens is 464 g/mol. The number of ether oxygens (including phenoxy) is 1. The Labute approximate surface area is 208 Å². The smallest absolute Gasteiger partial charge is 0.257 e. The summed E-state index contributed by atoms with van der Waals surface area (Å²) in [7, 11) is 1.58. The van der Waals surface area contributed by atoms with E-state index in [1.807, 2.05) is 24.3 Å². The molecule has 3 N–H and O–H groups in total. The largest absolute Gasteiger partial charge is 0.484 e. The van der Waals surface area contributed by atoms with E-state index in [9.17, 15) is 4.79 Å². The van der Waals surface area contributed by atoms with Crippen molar-refractivity contribution in [2.75, 3.05) is 32.1 Å². The Balaban J connectivity index is 1.33. The van der Waals surface area contributed by atoms with Crippen molar-refractivity contribution in [1.29, 1.82) is 0 Å². The number of H-pyrrole nitrogens is 1. The molecule has 1 atom stereocenters. The van der Waals surface area contributed by atoms with Crippen LogP contribution in [0.25, 0.3) is 22.6 Å². The van der Waals surface area contributed by atoms with Crippen LogP contribution < -0.4 is 15.4 Å². The second-order valence-corrected chi connectivity index (χ2v) is 9.01. The van der Waals surface area contributed by atoms with Crippen LogP contribution in [0.4, 0.5) is 5.69 Å². The molecule has 180 valence electrons. The molecule has 2 aromatic carbocycles. The number of pyridine rings is 1. The average molecular weight is 491 g/mol. The van der Waals surface area contributed by atoms with Crippen molar-refractivity contribution in [1.82, 2.24) is 25.2 Å². The number of imidazole rings is 1. The van der Waals surface area contributed by atoms with Gasteiger partial charge >= 0.3 is 0 Å². The monoisotopic (exact) mass is 490 g/mol. The molecule has 9 heteroatoms. The lowest BCUT2D eigenvalue weighted by molar-refractivity contribution is -0.122. The van der Waals surface area contributed by atoms with Gasteiger partial charge in [-0.25, -0.2) is 9.97 Å². The maximum atomic E-state index is 11.5. The number of halogens is 1. The molecule has 1 aliphatic rings. The fraction of sp³-hybridized carbons (Fsp3) is 0.269. The molecule has 0 bridgehead atoms. The van der Waals surface area contributed by atoms with Crippen LogP contribution in [0.5, 0.6) is 5.75 Å². The Bertz CT molecular complexity index is 1330. The molecule has 1 amide bonds. The van der Waals surface area contributed by atoms with Gasteiger partial charge in [-0.3, -0.25) is 9.69 Å². The van der Waals surface area contributed by atoms with Crippen LogP contribution in [-0.2, 0) is 11.3 Å². The number of benzene rings is 2. The molecule has 5 rings (SSSR count). The maximum absolute atomic E-state index is 11.5. The van der Waals surface area contributed by atoms with Crippen molar-refractivity contribution in [2.24, 2.45) is 0 Å². The number of anilines is 1. The molecule has 4 aromatic rings. The molecule has 1 unspecified atom stereocenters. The first kappa shape index (κ1) is 23.1. The molecule has 0 radical (unpaired) electrons. The summed E-state index contributed by atoms with van der Waals surface area (Å²) in [4.78, 5) is 26.4. The molecule has 3 heterocycles. The van der Waals surface area contributed by atoms with E-state index in [4.69, 9.17) is 16.3 Å². The number of carbonyl (C=O) groups excluding carboxylic acids is 1. The number of nitrogens with one attached hydrogen (secondary N) is 3. The van der Waals surface area contributed by atoms with Gasteiger partial charge in [0.25, 0.3) is 5.91 Å². The van der Waals surface area contributed by atoms with Gasteiger partial charge in [0, 0.05) is 38.3 Å². The van der Waals surface area contributed by atoms with Gasteiger partial charge < -0.3 is 20.4 Å². The van der Waals surface area contributed by atoms with Gasteiger partial charge in [0.1, 0.15) is 17.1 Å². The number of likely N-dealkylation sites (tertiary alicyclic amines) is 1. The van der Waals surface area contributed by atoms with Gasteiger partial charge in [-0.15, -0.1) is 0 Å². The van der Waals surface area contributed by atoms with Crippen LogP contribution in [-0.4, -0.2) is 58.5 Å². The predicted molar refractivity (Wildman–Crippen MR) is 138 cm³/mol. The van der Waals surface area contributed by atoms with Crippen LogP contribution in [0.2, 0.25) is 5.02 Å². The predicted octanol–water partition coefficient (Wildman–Crippen LogP) is 4.09. The van der Waals surface area contributed by atoms with Gasteiger partial charge in [-0.1, -0.05) is 54.1 Å². The lowest BCUT2D eigenvalue weighted by atomic mass is 10.2. The van der Waals surface area contributed by atoms with Crippen molar-refractivity contribution in [3.05, 3.63) is 71.4 Å². The summed E-state index contributed by atoms with van der Waals surface area (Å²) in [5.74, 6) is 1.05.